The average Bonchev–Trinajstić information content (AvgIpc) is 3.93. The zero-order valence-corrected chi connectivity index (χ0v) is 31.6. The molecule has 7 unspecified atom stereocenters. The van der Waals surface area contributed by atoms with Gasteiger partial charge in [0.1, 0.15) is 5.41 Å². The van der Waals surface area contributed by atoms with Gasteiger partial charge in [0.05, 0.1) is 19.3 Å². The molecule has 5 heteroatoms. The number of allylic oxidation sites excluding steroid dienone is 2. The molecule has 0 spiro atoms. The molecule has 1 aliphatic heterocycles. The predicted molar refractivity (Wildman–Crippen MR) is 203 cm³/mol. The van der Waals surface area contributed by atoms with Crippen LogP contribution in [0.4, 0.5) is 0 Å². The lowest BCUT2D eigenvalue weighted by atomic mass is 9.40. The molecule has 1 saturated heterocycles. The van der Waals surface area contributed by atoms with Gasteiger partial charge in [0.15, 0.2) is 12.4 Å². The number of carbonyl (C=O) groups is 1. The molecule has 0 aromatic heterocycles. The number of hydrogen-bond acceptors (Lipinski definition) is 5. The van der Waals surface area contributed by atoms with Crippen LogP contribution in [0, 0.1) is 51.8 Å². The molecule has 51 heavy (non-hydrogen) atoms. The number of esters is 1. The van der Waals surface area contributed by atoms with Gasteiger partial charge in [0, 0.05) is 10.8 Å². The maximum atomic E-state index is 16.3. The van der Waals surface area contributed by atoms with E-state index >= 15 is 4.79 Å². The summed E-state index contributed by atoms with van der Waals surface area (Å²) in [5.74, 6) is 1.30. The highest BCUT2D eigenvalue weighted by Gasteiger charge is 2.88. The summed E-state index contributed by atoms with van der Waals surface area (Å²) in [4.78, 5) is 16.3. The van der Waals surface area contributed by atoms with E-state index in [0.29, 0.717) is 31.5 Å². The van der Waals surface area contributed by atoms with Crippen LogP contribution in [0.1, 0.15) is 116 Å². The van der Waals surface area contributed by atoms with Gasteiger partial charge in [-0.2, -0.15) is 0 Å². The second kappa shape index (κ2) is 15.0. The number of aliphatic hydroxyl groups is 1. The topological polar surface area (TPSA) is 65.0 Å². The summed E-state index contributed by atoms with van der Waals surface area (Å²) in [5, 5.41) is 13.2. The maximum absolute atomic E-state index is 16.3. The molecule has 1 heterocycles. The molecule has 3 saturated carbocycles. The molecule has 5 aliphatic rings. The minimum atomic E-state index is -1.09. The third-order valence-corrected chi connectivity index (χ3v) is 14.6. The van der Waals surface area contributed by atoms with Gasteiger partial charge >= 0.3 is 5.97 Å². The molecule has 4 bridgehead atoms. The van der Waals surface area contributed by atoms with Crippen molar-refractivity contribution in [2.45, 2.75) is 117 Å². The van der Waals surface area contributed by atoms with Crippen LogP contribution in [-0.4, -0.2) is 36.7 Å². The molecule has 0 radical (unpaired) electrons. The largest absolute Gasteiger partial charge is 0.452 e. The molecule has 10 atom stereocenters. The van der Waals surface area contributed by atoms with Crippen LogP contribution in [-0.2, 0) is 19.0 Å². The van der Waals surface area contributed by atoms with E-state index in [4.69, 9.17) is 14.2 Å². The van der Waals surface area contributed by atoms with Gasteiger partial charge in [-0.3, -0.25) is 4.79 Å². The lowest BCUT2D eigenvalue weighted by Crippen LogP contribution is -2.68. The molecule has 1 N–H and O–H groups in total. The SMILES string of the molecule is C=CC(CCCCCC)CC(O)C12C[C@@H]3[C@H](C)CC[C@H]3C3(C4OCCO4)CC1C=C(C(C)CC)C23C(=O)OC(c1ccccc1)c1ccccc1. The molecule has 7 rings (SSSR count). The zero-order valence-electron chi connectivity index (χ0n) is 31.6. The van der Waals surface area contributed by atoms with Crippen LogP contribution in [0.3, 0.4) is 0 Å². The number of carbonyl (C=O) groups excluding carboxylic acids is 1. The number of rotatable bonds is 16. The highest BCUT2D eigenvalue weighted by atomic mass is 16.7. The van der Waals surface area contributed by atoms with E-state index in [1.54, 1.807) is 0 Å². The van der Waals surface area contributed by atoms with Crippen molar-refractivity contribution in [3.8, 4) is 0 Å². The van der Waals surface area contributed by atoms with Gasteiger partial charge < -0.3 is 19.3 Å². The third kappa shape index (κ3) is 5.62. The Kier molecular flexibility index (Phi) is 10.7. The van der Waals surface area contributed by atoms with Gasteiger partial charge in [-0.05, 0) is 85.2 Å². The van der Waals surface area contributed by atoms with Gasteiger partial charge in [0.2, 0.25) is 0 Å². The monoisotopic (exact) mass is 694 g/mol. The maximum Gasteiger partial charge on any atom is 0.318 e. The standard InChI is InChI=1S/C46H62O5/c1-6-9-10-13-18-33(8-3)27-40(47)44-30-37-32(5)23-24-38(37)45(43-49-25-26-50-43)29-36(44)28-39(31(4)7-2)46(44,45)42(48)51-41(34-19-14-11-15-20-34)35-21-16-12-17-22-35/h8,11-12,14-17,19-22,28,31-33,36-38,40-41,43,47H,3,6-7,9-10,13,18,23-27,29-30H2,1-2,4-5H3/t31?,32-,33?,36?,37-,38-,40?,44?,45?,46?/m1/s1. The quantitative estimate of drug-likeness (QED) is 0.108. The van der Waals surface area contributed by atoms with E-state index in [1.807, 2.05) is 36.4 Å². The summed E-state index contributed by atoms with van der Waals surface area (Å²) in [6, 6.07) is 20.3. The second-order valence-electron chi connectivity index (χ2n) is 16.9. The Labute approximate surface area is 307 Å². The van der Waals surface area contributed by atoms with E-state index < -0.39 is 34.7 Å². The van der Waals surface area contributed by atoms with Crippen LogP contribution < -0.4 is 0 Å². The van der Waals surface area contributed by atoms with Crippen molar-refractivity contribution in [3.63, 3.8) is 0 Å². The van der Waals surface area contributed by atoms with Crippen molar-refractivity contribution >= 4 is 5.97 Å². The number of benzene rings is 2. The summed E-state index contributed by atoms with van der Waals surface area (Å²) in [7, 11) is 0. The minimum Gasteiger partial charge on any atom is -0.452 e. The Balaban J connectivity index is 1.42. The van der Waals surface area contributed by atoms with Crippen molar-refractivity contribution in [2.24, 2.45) is 51.8 Å². The summed E-state index contributed by atoms with van der Waals surface area (Å²) in [6.45, 7) is 14.5. The Morgan fingerprint density at radius 3 is 2.25 bits per heavy atom. The van der Waals surface area contributed by atoms with Crippen molar-refractivity contribution < 1.29 is 24.1 Å². The van der Waals surface area contributed by atoms with Gasteiger partial charge in [-0.1, -0.05) is 138 Å². The molecule has 4 fully saturated rings. The number of fused-ring (bicyclic) bond motifs is 2. The Morgan fingerprint density at radius 1 is 0.980 bits per heavy atom. The summed E-state index contributed by atoms with van der Waals surface area (Å²) in [5.41, 5.74) is 0.624. The van der Waals surface area contributed by atoms with Crippen molar-refractivity contribution in [1.29, 1.82) is 0 Å². The number of unbranched alkanes of at least 4 members (excludes halogenated alkanes) is 3. The molecule has 2 aromatic carbocycles. The number of hydrogen-bond donors (Lipinski definition) is 1. The van der Waals surface area contributed by atoms with Gasteiger partial charge in [-0.15, -0.1) is 6.58 Å². The van der Waals surface area contributed by atoms with Crippen LogP contribution in [0.25, 0.3) is 0 Å². The van der Waals surface area contributed by atoms with Crippen LogP contribution >= 0.6 is 0 Å². The molecule has 2 aromatic rings. The van der Waals surface area contributed by atoms with Gasteiger partial charge in [0.25, 0.3) is 0 Å². The lowest BCUT2D eigenvalue weighted by molar-refractivity contribution is -0.255. The molecular weight excluding hydrogens is 633 g/mol. The fraction of sp³-hybridized carbons (Fsp3) is 0.630. The third-order valence-electron chi connectivity index (χ3n) is 14.6. The average molecular weight is 695 g/mol. The van der Waals surface area contributed by atoms with Crippen molar-refractivity contribution in [1.82, 2.24) is 0 Å². The Hall–Kier alpha value is -2.73. The first-order valence-corrected chi connectivity index (χ1v) is 20.4. The van der Waals surface area contributed by atoms with E-state index in [0.717, 1.165) is 56.1 Å². The number of aliphatic hydroxyl groups excluding tert-OH is 1. The summed E-state index contributed by atoms with van der Waals surface area (Å²) in [6.07, 6.45) is 13.8. The Morgan fingerprint density at radius 2 is 1.65 bits per heavy atom. The molecule has 4 aliphatic carbocycles. The first-order chi connectivity index (χ1) is 24.8. The van der Waals surface area contributed by atoms with Crippen molar-refractivity contribution in [2.75, 3.05) is 13.2 Å². The van der Waals surface area contributed by atoms with Crippen molar-refractivity contribution in [3.05, 3.63) is 96.1 Å². The van der Waals surface area contributed by atoms with E-state index in [9.17, 15) is 5.11 Å². The van der Waals surface area contributed by atoms with Crippen LogP contribution in [0.2, 0.25) is 0 Å². The smallest absolute Gasteiger partial charge is 0.318 e. The fourth-order valence-electron chi connectivity index (χ4n) is 12.3. The first-order valence-electron chi connectivity index (χ1n) is 20.4. The molecular formula is C46H62O5. The van der Waals surface area contributed by atoms with E-state index in [2.05, 4.69) is 70.7 Å². The zero-order chi connectivity index (χ0) is 35.8. The fourth-order valence-corrected chi connectivity index (χ4v) is 12.3. The van der Waals surface area contributed by atoms with Crippen LogP contribution in [0.5, 0.6) is 0 Å². The normalized spacial score (nSPS) is 34.3. The Bertz CT molecular complexity index is 1490. The minimum absolute atomic E-state index is 0.0344. The molecule has 5 nitrogen and oxygen atoms in total. The summed E-state index contributed by atoms with van der Waals surface area (Å²) < 4.78 is 20.5. The molecule has 276 valence electrons. The first kappa shape index (κ1) is 36.6. The predicted octanol–water partition coefficient (Wildman–Crippen LogP) is 10.2. The van der Waals surface area contributed by atoms with Crippen LogP contribution in [0.15, 0.2) is 85.0 Å². The number of ether oxygens (including phenoxy) is 3. The van der Waals surface area contributed by atoms with E-state index in [-0.39, 0.29) is 29.6 Å². The summed E-state index contributed by atoms with van der Waals surface area (Å²) >= 11 is 0. The highest BCUT2D eigenvalue weighted by molar-refractivity contribution is 5.87. The highest BCUT2D eigenvalue weighted by Crippen LogP contribution is 2.85. The second-order valence-corrected chi connectivity index (χ2v) is 16.9. The van der Waals surface area contributed by atoms with Gasteiger partial charge in [-0.25, -0.2) is 0 Å². The van der Waals surface area contributed by atoms with E-state index in [1.165, 1.54) is 24.8 Å². The lowest BCUT2D eigenvalue weighted by Gasteiger charge is -2.63. The molecule has 0 amide bonds.